The number of halogens is 1. The maximum Gasteiger partial charge on any atom is 0.267 e. The smallest absolute Gasteiger partial charge is 0.267 e. The Kier molecular flexibility index (Phi) is 7.69. The number of hydrogen-bond donors (Lipinski definition) is 2. The lowest BCUT2D eigenvalue weighted by Gasteiger charge is -2.15. The van der Waals surface area contributed by atoms with Crippen LogP contribution in [0.15, 0.2) is 57.8 Å². The number of aryl methyl sites for hydroxylation is 1. The van der Waals surface area contributed by atoms with Gasteiger partial charge in [0.15, 0.2) is 0 Å². The number of pyridine rings is 1. The van der Waals surface area contributed by atoms with Gasteiger partial charge in [-0.05, 0) is 36.8 Å². The van der Waals surface area contributed by atoms with Crippen LogP contribution in [0.25, 0.3) is 10.9 Å². The van der Waals surface area contributed by atoms with Crippen molar-refractivity contribution in [3.05, 3.63) is 68.9 Å². The second-order valence-electron chi connectivity index (χ2n) is 7.43. The number of carbonyl (C=O) groups excluding carboxylic acids is 1. The van der Waals surface area contributed by atoms with E-state index in [-0.39, 0.29) is 11.3 Å². The highest BCUT2D eigenvalue weighted by molar-refractivity contribution is 9.10. The summed E-state index contributed by atoms with van der Waals surface area (Å²) < 4.78 is 2.42. The van der Waals surface area contributed by atoms with Gasteiger partial charge in [0, 0.05) is 22.1 Å². The Morgan fingerprint density at radius 2 is 1.77 bits per heavy atom. The number of carbonyl (C=O) groups is 1. The minimum Gasteiger partial charge on any atom is -0.506 e. The van der Waals surface area contributed by atoms with Crippen LogP contribution in [-0.4, -0.2) is 15.6 Å². The summed E-state index contributed by atoms with van der Waals surface area (Å²) in [4.78, 5) is 26.1. The van der Waals surface area contributed by atoms with Gasteiger partial charge in [0.05, 0.1) is 5.52 Å². The molecule has 0 aliphatic carbocycles. The fourth-order valence-corrected chi connectivity index (χ4v) is 4.03. The van der Waals surface area contributed by atoms with Crippen LogP contribution in [0, 0.1) is 0 Å². The number of unbranched alkanes of at least 4 members (excludes halogenated alkanes) is 5. The molecular weight excluding hydrogens is 444 g/mol. The number of aromatic hydroxyl groups is 1. The van der Waals surface area contributed by atoms with Crippen molar-refractivity contribution in [1.29, 1.82) is 0 Å². The van der Waals surface area contributed by atoms with Gasteiger partial charge in [-0.15, -0.1) is 0 Å². The number of para-hydroxylation sites is 1. The molecule has 3 aromatic rings. The molecule has 0 bridgehead atoms. The van der Waals surface area contributed by atoms with E-state index in [2.05, 4.69) is 28.2 Å². The van der Waals surface area contributed by atoms with Crippen LogP contribution < -0.4 is 10.9 Å². The van der Waals surface area contributed by atoms with Gasteiger partial charge in [-0.3, -0.25) is 9.59 Å². The lowest BCUT2D eigenvalue weighted by Crippen LogP contribution is -2.30. The maximum absolute atomic E-state index is 13.2. The average Bonchev–Trinajstić information content (AvgIpc) is 2.72. The highest BCUT2D eigenvalue weighted by atomic mass is 79.9. The molecule has 3 rings (SSSR count). The molecule has 0 saturated carbocycles. The highest BCUT2D eigenvalue weighted by Gasteiger charge is 2.22. The standard InChI is InChI=1S/C24H27BrN2O3/c1-2-3-4-5-6-9-15-27-20-14-8-7-13-19(20)22(28)21(24(27)30)23(29)26-18-12-10-11-17(25)16-18/h7-8,10-14,16,28H,2-6,9,15H2,1H3,(H,26,29). The lowest BCUT2D eigenvalue weighted by molar-refractivity contribution is 0.102. The molecule has 158 valence electrons. The van der Waals surface area contributed by atoms with E-state index in [9.17, 15) is 14.7 Å². The molecule has 0 unspecified atom stereocenters. The minimum absolute atomic E-state index is 0.223. The number of hydrogen-bond acceptors (Lipinski definition) is 3. The number of aromatic nitrogens is 1. The molecule has 1 aromatic heterocycles. The van der Waals surface area contributed by atoms with Crippen LogP contribution in [0.5, 0.6) is 5.75 Å². The average molecular weight is 471 g/mol. The Morgan fingerprint density at radius 3 is 2.53 bits per heavy atom. The second-order valence-corrected chi connectivity index (χ2v) is 8.35. The summed E-state index contributed by atoms with van der Waals surface area (Å²) in [6, 6.07) is 14.3. The van der Waals surface area contributed by atoms with Crippen molar-refractivity contribution in [3.8, 4) is 5.75 Å². The number of amides is 1. The van der Waals surface area contributed by atoms with Crippen molar-refractivity contribution in [3.63, 3.8) is 0 Å². The summed E-state index contributed by atoms with van der Waals surface area (Å²) in [6.45, 7) is 2.70. The second kappa shape index (κ2) is 10.4. The summed E-state index contributed by atoms with van der Waals surface area (Å²) >= 11 is 3.37. The number of nitrogens with zero attached hydrogens (tertiary/aromatic N) is 1. The van der Waals surface area contributed by atoms with E-state index in [1.807, 2.05) is 18.2 Å². The van der Waals surface area contributed by atoms with Gasteiger partial charge in [-0.25, -0.2) is 0 Å². The fourth-order valence-electron chi connectivity index (χ4n) is 3.63. The topological polar surface area (TPSA) is 71.3 Å². The van der Waals surface area contributed by atoms with Gasteiger partial charge >= 0.3 is 0 Å². The molecule has 0 aliphatic rings. The van der Waals surface area contributed by atoms with Gasteiger partial charge < -0.3 is 15.0 Å². The monoisotopic (exact) mass is 470 g/mol. The third kappa shape index (κ3) is 5.11. The minimum atomic E-state index is -0.613. The zero-order chi connectivity index (χ0) is 21.5. The van der Waals surface area contributed by atoms with E-state index >= 15 is 0 Å². The molecule has 2 N–H and O–H groups in total. The Bertz CT molecular complexity index is 1090. The van der Waals surface area contributed by atoms with E-state index in [1.54, 1.807) is 34.9 Å². The van der Waals surface area contributed by atoms with Crippen molar-refractivity contribution in [1.82, 2.24) is 4.57 Å². The first-order valence-corrected chi connectivity index (χ1v) is 11.2. The molecule has 1 amide bonds. The van der Waals surface area contributed by atoms with E-state index in [4.69, 9.17) is 0 Å². The normalized spacial score (nSPS) is 11.0. The van der Waals surface area contributed by atoms with E-state index < -0.39 is 11.5 Å². The first-order chi connectivity index (χ1) is 14.5. The van der Waals surface area contributed by atoms with Crippen LogP contribution in [0.3, 0.4) is 0 Å². The number of rotatable bonds is 9. The van der Waals surface area contributed by atoms with Crippen molar-refractivity contribution in [2.75, 3.05) is 5.32 Å². The van der Waals surface area contributed by atoms with E-state index in [1.165, 1.54) is 19.3 Å². The quantitative estimate of drug-likeness (QED) is 0.372. The summed E-state index contributed by atoms with van der Waals surface area (Å²) in [6.07, 6.45) is 6.63. The molecule has 0 fully saturated rings. The molecule has 1 heterocycles. The van der Waals surface area contributed by atoms with Gasteiger partial charge in [0.25, 0.3) is 11.5 Å². The molecule has 0 radical (unpaired) electrons. The predicted molar refractivity (Wildman–Crippen MR) is 125 cm³/mol. The van der Waals surface area contributed by atoms with Crippen molar-refractivity contribution >= 4 is 38.4 Å². The molecular formula is C24H27BrN2O3. The Labute approximate surface area is 184 Å². The SMILES string of the molecule is CCCCCCCCn1c(=O)c(C(=O)Nc2cccc(Br)c2)c(O)c2ccccc21. The van der Waals surface area contributed by atoms with Crippen LogP contribution >= 0.6 is 15.9 Å². The summed E-state index contributed by atoms with van der Waals surface area (Å²) in [5.41, 5.74) is 0.503. The number of fused-ring (bicyclic) bond motifs is 1. The van der Waals surface area contributed by atoms with Crippen molar-refractivity contribution in [2.24, 2.45) is 0 Å². The first-order valence-electron chi connectivity index (χ1n) is 10.4. The molecule has 5 nitrogen and oxygen atoms in total. The number of nitrogens with one attached hydrogen (secondary N) is 1. The maximum atomic E-state index is 13.2. The van der Waals surface area contributed by atoms with Gasteiger partial charge in [0.2, 0.25) is 0 Å². The molecule has 30 heavy (non-hydrogen) atoms. The van der Waals surface area contributed by atoms with E-state index in [0.29, 0.717) is 23.1 Å². The van der Waals surface area contributed by atoms with Crippen LogP contribution in [0.1, 0.15) is 55.8 Å². The molecule has 0 aliphatic heterocycles. The molecule has 0 spiro atoms. The fraction of sp³-hybridized carbons (Fsp3) is 0.333. The zero-order valence-electron chi connectivity index (χ0n) is 17.2. The van der Waals surface area contributed by atoms with Gasteiger partial charge in [-0.2, -0.15) is 0 Å². The Morgan fingerprint density at radius 1 is 1.03 bits per heavy atom. The number of benzene rings is 2. The summed E-state index contributed by atoms with van der Waals surface area (Å²) in [5, 5.41) is 14.0. The predicted octanol–water partition coefficient (Wildman–Crippen LogP) is 6.08. The third-order valence-electron chi connectivity index (χ3n) is 5.19. The van der Waals surface area contributed by atoms with E-state index in [0.717, 1.165) is 23.7 Å². The van der Waals surface area contributed by atoms with Gasteiger partial charge in [-0.1, -0.05) is 73.2 Å². The first kappa shape index (κ1) is 22.1. The molecule has 0 saturated heterocycles. The van der Waals surface area contributed by atoms with Crippen LogP contribution in [0.2, 0.25) is 0 Å². The Balaban J connectivity index is 1.92. The van der Waals surface area contributed by atoms with Crippen molar-refractivity contribution in [2.45, 2.75) is 52.0 Å². The molecule has 2 aromatic carbocycles. The highest BCUT2D eigenvalue weighted by Crippen LogP contribution is 2.27. The zero-order valence-corrected chi connectivity index (χ0v) is 18.7. The van der Waals surface area contributed by atoms with Gasteiger partial charge in [0.1, 0.15) is 11.3 Å². The molecule has 0 atom stereocenters. The van der Waals surface area contributed by atoms with Crippen LogP contribution in [-0.2, 0) is 6.54 Å². The third-order valence-corrected chi connectivity index (χ3v) is 5.68. The van der Waals surface area contributed by atoms with Crippen molar-refractivity contribution < 1.29 is 9.90 Å². The van der Waals surface area contributed by atoms with Crippen LogP contribution in [0.4, 0.5) is 5.69 Å². The summed E-state index contributed by atoms with van der Waals surface area (Å²) in [5.74, 6) is -0.889. The molecule has 6 heteroatoms. The number of anilines is 1. The Hall–Kier alpha value is -2.60. The largest absolute Gasteiger partial charge is 0.506 e. The lowest BCUT2D eigenvalue weighted by atomic mass is 10.1. The summed E-state index contributed by atoms with van der Waals surface area (Å²) in [7, 11) is 0.